The SMILES string of the molecule is O=C1C=C(S(=O)(=O)O)c2cc3ccccc3cc2C1=O. The Labute approximate surface area is 114 Å². The van der Waals surface area contributed by atoms with Gasteiger partial charge in [-0.15, -0.1) is 0 Å². The highest BCUT2D eigenvalue weighted by Crippen LogP contribution is 2.32. The first kappa shape index (κ1) is 12.7. The highest BCUT2D eigenvalue weighted by Gasteiger charge is 2.31. The topological polar surface area (TPSA) is 88.5 Å². The Morgan fingerprint density at radius 3 is 2.00 bits per heavy atom. The molecule has 100 valence electrons. The van der Waals surface area contributed by atoms with E-state index in [-0.39, 0.29) is 11.1 Å². The molecule has 0 saturated heterocycles. The van der Waals surface area contributed by atoms with Gasteiger partial charge in [0.25, 0.3) is 10.1 Å². The first-order valence-electron chi connectivity index (χ1n) is 5.69. The average molecular weight is 288 g/mol. The zero-order chi connectivity index (χ0) is 14.5. The van der Waals surface area contributed by atoms with Crippen LogP contribution in [-0.4, -0.2) is 24.5 Å². The third kappa shape index (κ3) is 1.86. The number of hydrogen-bond donors (Lipinski definition) is 1. The number of allylic oxidation sites excluding steroid dienone is 1. The lowest BCUT2D eigenvalue weighted by Gasteiger charge is -2.15. The number of carbonyl (C=O) groups is 2. The molecule has 0 spiro atoms. The third-order valence-electron chi connectivity index (χ3n) is 3.16. The number of ketones is 2. The molecule has 5 nitrogen and oxygen atoms in total. The molecule has 0 atom stereocenters. The van der Waals surface area contributed by atoms with Gasteiger partial charge in [0.2, 0.25) is 11.6 Å². The highest BCUT2D eigenvalue weighted by atomic mass is 32.2. The van der Waals surface area contributed by atoms with Crippen LogP contribution in [-0.2, 0) is 14.9 Å². The van der Waals surface area contributed by atoms with E-state index in [2.05, 4.69) is 0 Å². The van der Waals surface area contributed by atoms with Crippen molar-refractivity contribution in [3.63, 3.8) is 0 Å². The summed E-state index contributed by atoms with van der Waals surface area (Å²) in [7, 11) is -4.58. The average Bonchev–Trinajstić information content (AvgIpc) is 2.40. The zero-order valence-electron chi connectivity index (χ0n) is 10.0. The molecule has 0 unspecified atom stereocenters. The molecule has 0 saturated carbocycles. The van der Waals surface area contributed by atoms with Crippen molar-refractivity contribution in [1.82, 2.24) is 0 Å². The molecule has 0 radical (unpaired) electrons. The van der Waals surface area contributed by atoms with Gasteiger partial charge >= 0.3 is 0 Å². The van der Waals surface area contributed by atoms with Crippen LogP contribution in [0.25, 0.3) is 15.7 Å². The van der Waals surface area contributed by atoms with Crippen LogP contribution < -0.4 is 0 Å². The van der Waals surface area contributed by atoms with Crippen LogP contribution in [0.15, 0.2) is 42.5 Å². The Bertz CT molecular complexity index is 906. The molecule has 0 bridgehead atoms. The van der Waals surface area contributed by atoms with E-state index in [0.29, 0.717) is 16.8 Å². The minimum atomic E-state index is -4.58. The second kappa shape index (κ2) is 4.09. The largest absolute Gasteiger partial charge is 0.295 e. The molecule has 0 aromatic heterocycles. The molecule has 1 N–H and O–H groups in total. The maximum Gasteiger partial charge on any atom is 0.295 e. The molecule has 0 heterocycles. The van der Waals surface area contributed by atoms with E-state index in [9.17, 15) is 22.6 Å². The Morgan fingerprint density at radius 2 is 1.45 bits per heavy atom. The third-order valence-corrected chi connectivity index (χ3v) is 4.05. The lowest BCUT2D eigenvalue weighted by Crippen LogP contribution is -2.21. The number of hydrogen-bond acceptors (Lipinski definition) is 4. The standard InChI is InChI=1S/C14H8O5S/c15-12-7-13(20(17,18)19)10-5-8-3-1-2-4-9(8)6-11(10)14(12)16/h1-7H,(H,17,18,19). The van der Waals surface area contributed by atoms with Crippen molar-refractivity contribution in [2.45, 2.75) is 0 Å². The van der Waals surface area contributed by atoms with Gasteiger partial charge in [0.05, 0.1) is 0 Å². The maximum atomic E-state index is 11.9. The van der Waals surface area contributed by atoms with Crippen LogP contribution in [0.3, 0.4) is 0 Å². The van der Waals surface area contributed by atoms with Crippen LogP contribution in [0.1, 0.15) is 15.9 Å². The van der Waals surface area contributed by atoms with Crippen molar-refractivity contribution in [3.05, 3.63) is 53.6 Å². The molecule has 0 amide bonds. The van der Waals surface area contributed by atoms with Gasteiger partial charge in [-0.2, -0.15) is 8.42 Å². The molecular formula is C14H8O5S. The minimum absolute atomic E-state index is 0.0103. The molecule has 2 aromatic carbocycles. The summed E-state index contributed by atoms with van der Waals surface area (Å²) in [5, 5.41) is 1.42. The fraction of sp³-hybridized carbons (Fsp3) is 0. The van der Waals surface area contributed by atoms with E-state index in [1.165, 1.54) is 12.1 Å². The Kier molecular flexibility index (Phi) is 2.60. The summed E-state index contributed by atoms with van der Waals surface area (Å²) in [6.45, 7) is 0. The smallest absolute Gasteiger partial charge is 0.286 e. The molecular weight excluding hydrogens is 280 g/mol. The van der Waals surface area contributed by atoms with Gasteiger partial charge in [-0.25, -0.2) is 0 Å². The van der Waals surface area contributed by atoms with Crippen molar-refractivity contribution >= 4 is 37.4 Å². The van der Waals surface area contributed by atoms with E-state index >= 15 is 0 Å². The minimum Gasteiger partial charge on any atom is -0.286 e. The van der Waals surface area contributed by atoms with Crippen molar-refractivity contribution in [1.29, 1.82) is 0 Å². The number of carbonyl (C=O) groups excluding carboxylic acids is 2. The summed E-state index contributed by atoms with van der Waals surface area (Å²) in [5.74, 6) is -1.74. The van der Waals surface area contributed by atoms with Crippen molar-refractivity contribution in [2.75, 3.05) is 0 Å². The van der Waals surface area contributed by atoms with Crippen molar-refractivity contribution < 1.29 is 22.6 Å². The molecule has 0 aliphatic heterocycles. The van der Waals surface area contributed by atoms with Gasteiger partial charge in [-0.3, -0.25) is 14.1 Å². The number of rotatable bonds is 1. The quantitative estimate of drug-likeness (QED) is 0.639. The molecule has 20 heavy (non-hydrogen) atoms. The number of benzene rings is 2. The van der Waals surface area contributed by atoms with Crippen LogP contribution in [0, 0.1) is 0 Å². The van der Waals surface area contributed by atoms with Gasteiger partial charge < -0.3 is 0 Å². The second-order valence-corrected chi connectivity index (χ2v) is 5.81. The van der Waals surface area contributed by atoms with Gasteiger partial charge in [-0.05, 0) is 22.9 Å². The van der Waals surface area contributed by atoms with Gasteiger partial charge in [-0.1, -0.05) is 24.3 Å². The van der Waals surface area contributed by atoms with E-state index in [0.717, 1.165) is 0 Å². The van der Waals surface area contributed by atoms with E-state index in [1.54, 1.807) is 24.3 Å². The molecule has 1 aliphatic carbocycles. The normalized spacial score (nSPS) is 15.2. The number of fused-ring (bicyclic) bond motifs is 2. The second-order valence-electron chi connectivity index (χ2n) is 4.42. The van der Waals surface area contributed by atoms with Crippen LogP contribution in [0.2, 0.25) is 0 Å². The molecule has 0 fully saturated rings. The predicted octanol–water partition coefficient (Wildman–Crippen LogP) is 1.83. The maximum absolute atomic E-state index is 11.9. The lowest BCUT2D eigenvalue weighted by molar-refractivity contribution is -0.110. The van der Waals surface area contributed by atoms with Crippen LogP contribution in [0.4, 0.5) is 0 Å². The fourth-order valence-electron chi connectivity index (χ4n) is 2.24. The first-order chi connectivity index (χ1) is 9.38. The van der Waals surface area contributed by atoms with Crippen molar-refractivity contribution in [2.24, 2.45) is 0 Å². The lowest BCUT2D eigenvalue weighted by atomic mass is 9.92. The highest BCUT2D eigenvalue weighted by molar-refractivity contribution is 7.95. The summed E-state index contributed by atoms with van der Waals surface area (Å²) >= 11 is 0. The Hall–Kier alpha value is -2.31. The van der Waals surface area contributed by atoms with E-state index in [4.69, 9.17) is 0 Å². The monoisotopic (exact) mass is 288 g/mol. The summed E-state index contributed by atoms with van der Waals surface area (Å²) in [5.41, 5.74) is 0.0413. The van der Waals surface area contributed by atoms with Gasteiger partial charge in [0.15, 0.2) is 0 Å². The fourth-order valence-corrected chi connectivity index (χ4v) is 2.94. The molecule has 6 heteroatoms. The summed E-state index contributed by atoms with van der Waals surface area (Å²) in [4.78, 5) is 22.9. The molecule has 3 rings (SSSR count). The van der Waals surface area contributed by atoms with Gasteiger partial charge in [0.1, 0.15) is 4.91 Å². The van der Waals surface area contributed by atoms with E-state index < -0.39 is 26.6 Å². The number of Topliss-reactive ketones (excluding diaryl/α,β-unsaturated/α-hetero) is 1. The summed E-state index contributed by atoms with van der Waals surface area (Å²) in [6.07, 6.45) is 0.661. The van der Waals surface area contributed by atoms with Gasteiger partial charge in [0, 0.05) is 17.2 Å². The summed E-state index contributed by atoms with van der Waals surface area (Å²) in [6, 6.07) is 9.97. The predicted molar refractivity (Wildman–Crippen MR) is 72.8 cm³/mol. The molecule has 1 aliphatic rings. The molecule has 2 aromatic rings. The van der Waals surface area contributed by atoms with Crippen LogP contribution >= 0.6 is 0 Å². The Morgan fingerprint density at radius 1 is 0.900 bits per heavy atom. The first-order valence-corrected chi connectivity index (χ1v) is 7.13. The summed E-state index contributed by atoms with van der Waals surface area (Å²) < 4.78 is 31.9. The van der Waals surface area contributed by atoms with Crippen LogP contribution in [0.5, 0.6) is 0 Å². The van der Waals surface area contributed by atoms with E-state index in [1.807, 2.05) is 0 Å². The zero-order valence-corrected chi connectivity index (χ0v) is 10.8. The van der Waals surface area contributed by atoms with Crippen molar-refractivity contribution in [3.8, 4) is 0 Å². The Balaban J connectivity index is 2.43.